The molecule has 0 radical (unpaired) electrons. The number of hydrogen-bond acceptors (Lipinski definition) is 1. The Morgan fingerprint density at radius 2 is 1.27 bits per heavy atom. The number of hydrogen-bond donors (Lipinski definition) is 0. The minimum Gasteiger partial charge on any atom is -0.455 e. The summed E-state index contributed by atoms with van der Waals surface area (Å²) in [6.07, 6.45) is 9.58. The zero-order chi connectivity index (χ0) is 36.9. The second-order valence-electron chi connectivity index (χ2n) is 15.8. The van der Waals surface area contributed by atoms with Gasteiger partial charge in [0.2, 0.25) is 0 Å². The molecule has 0 fully saturated rings. The van der Waals surface area contributed by atoms with Crippen LogP contribution in [0.1, 0.15) is 53.6 Å². The summed E-state index contributed by atoms with van der Waals surface area (Å²) in [6, 6.07) is 55.8. The summed E-state index contributed by atoms with van der Waals surface area (Å²) < 4.78 is 9.47. The number of rotatable bonds is 3. The van der Waals surface area contributed by atoms with E-state index in [9.17, 15) is 0 Å². The number of nitrogens with zero attached hydrogens (tertiary/aromatic N) is 1. The van der Waals surface area contributed by atoms with Gasteiger partial charge in [-0.1, -0.05) is 172 Å². The second kappa shape index (κ2) is 11.7. The lowest BCUT2D eigenvalue weighted by atomic mass is 9.67. The lowest BCUT2D eigenvalue weighted by Gasteiger charge is -2.34. The largest absolute Gasteiger partial charge is 0.455 e. The van der Waals surface area contributed by atoms with Crippen LogP contribution in [0.5, 0.6) is 0 Å². The molecule has 0 N–H and O–H groups in total. The molecule has 0 aliphatic heterocycles. The van der Waals surface area contributed by atoms with E-state index in [1.165, 1.54) is 60.8 Å². The third-order valence-electron chi connectivity index (χ3n) is 12.3. The van der Waals surface area contributed by atoms with E-state index in [1.807, 2.05) is 0 Å². The molecular formula is C53H39NO. The highest BCUT2D eigenvalue weighted by Crippen LogP contribution is 2.57. The highest BCUT2D eigenvalue weighted by molar-refractivity contribution is 6.30. The van der Waals surface area contributed by atoms with E-state index in [1.54, 1.807) is 0 Å². The van der Waals surface area contributed by atoms with Gasteiger partial charge in [0, 0.05) is 32.8 Å². The lowest BCUT2D eigenvalue weighted by molar-refractivity contribution is 0.535. The van der Waals surface area contributed by atoms with Gasteiger partial charge in [0.1, 0.15) is 11.2 Å². The van der Waals surface area contributed by atoms with E-state index in [0.717, 1.165) is 45.2 Å². The molecule has 0 unspecified atom stereocenters. The van der Waals surface area contributed by atoms with Gasteiger partial charge in [-0.05, 0) is 80.6 Å². The molecular weight excluding hydrogens is 667 g/mol. The van der Waals surface area contributed by atoms with Crippen LogP contribution in [-0.2, 0) is 10.8 Å². The molecule has 11 rings (SSSR count). The van der Waals surface area contributed by atoms with E-state index >= 15 is 0 Å². The summed E-state index contributed by atoms with van der Waals surface area (Å²) in [7, 11) is 0. The molecule has 7 aromatic carbocycles. The third kappa shape index (κ3) is 4.31. The van der Waals surface area contributed by atoms with E-state index in [-0.39, 0.29) is 5.41 Å². The molecule has 2 nitrogen and oxygen atoms in total. The fourth-order valence-corrected chi connectivity index (χ4v) is 10.0. The van der Waals surface area contributed by atoms with Crippen LogP contribution in [0.3, 0.4) is 0 Å². The molecule has 2 aromatic heterocycles. The van der Waals surface area contributed by atoms with Crippen molar-refractivity contribution in [3.8, 4) is 16.8 Å². The van der Waals surface area contributed by atoms with Crippen molar-refractivity contribution in [1.29, 1.82) is 0 Å². The van der Waals surface area contributed by atoms with Crippen LogP contribution in [0.15, 0.2) is 187 Å². The molecule has 0 atom stereocenters. The van der Waals surface area contributed by atoms with Crippen LogP contribution >= 0.6 is 0 Å². The molecule has 0 amide bonds. The van der Waals surface area contributed by atoms with Crippen LogP contribution in [0, 0.1) is 0 Å². The first-order chi connectivity index (χ1) is 27.0. The van der Waals surface area contributed by atoms with E-state index in [4.69, 9.17) is 11.0 Å². The quantitative estimate of drug-likeness (QED) is 0.179. The summed E-state index contributed by atoms with van der Waals surface area (Å²) in [6.45, 7) is 9.46. The van der Waals surface area contributed by atoms with Crippen LogP contribution in [0.2, 0.25) is 0 Å². The number of aromatic nitrogens is 1. The predicted molar refractivity (Wildman–Crippen MR) is 230 cm³/mol. The van der Waals surface area contributed by atoms with E-state index < -0.39 is 5.41 Å². The topological polar surface area (TPSA) is 18.1 Å². The summed E-state index contributed by atoms with van der Waals surface area (Å²) in [5.41, 5.74) is 15.5. The lowest BCUT2D eigenvalue weighted by Crippen LogP contribution is -2.28. The van der Waals surface area contributed by atoms with Gasteiger partial charge < -0.3 is 8.98 Å². The van der Waals surface area contributed by atoms with Crippen molar-refractivity contribution < 1.29 is 4.42 Å². The third-order valence-corrected chi connectivity index (χ3v) is 12.3. The maximum absolute atomic E-state index is 6.92. The average Bonchev–Trinajstić information content (AvgIpc) is 3.87. The van der Waals surface area contributed by atoms with E-state index in [0.29, 0.717) is 0 Å². The molecule has 2 heterocycles. The van der Waals surface area contributed by atoms with E-state index in [2.05, 4.69) is 194 Å². The molecule has 262 valence electrons. The zero-order valence-corrected chi connectivity index (χ0v) is 31.0. The van der Waals surface area contributed by atoms with Gasteiger partial charge in [-0.25, -0.2) is 0 Å². The Morgan fingerprint density at radius 1 is 0.618 bits per heavy atom. The standard InChI is InChI=1S/C53H39NO/c1-34-19-7-6-18-32-52(2,3)49-46(34)51-48(41-26-14-17-29-45(41)55-51)47-40-25-13-16-28-44(40)54(50(47)49)37-30-31-39-38-24-12-15-27-42(38)53(43(39)33-37,35-20-8-4-9-21-35)36-22-10-5-11-23-36/h4-31,33H,1,32H2,2-3H3/b18-6-,19-7-. The Bertz CT molecular complexity index is 3060. The Kier molecular flexibility index (Phi) is 6.76. The minimum atomic E-state index is -0.507. The van der Waals surface area contributed by atoms with Crippen molar-refractivity contribution in [2.75, 3.05) is 0 Å². The van der Waals surface area contributed by atoms with Crippen molar-refractivity contribution in [2.24, 2.45) is 0 Å². The first-order valence-electron chi connectivity index (χ1n) is 19.3. The van der Waals surface area contributed by atoms with Gasteiger partial charge in [0.25, 0.3) is 0 Å². The molecule has 0 saturated heterocycles. The average molecular weight is 706 g/mol. The van der Waals surface area contributed by atoms with Crippen LogP contribution < -0.4 is 0 Å². The molecule has 9 aromatic rings. The van der Waals surface area contributed by atoms with Crippen LogP contribution in [0.4, 0.5) is 0 Å². The number of allylic oxidation sites excluding steroid dienone is 5. The van der Waals surface area contributed by atoms with Crippen molar-refractivity contribution in [3.63, 3.8) is 0 Å². The number of furan rings is 1. The molecule has 0 spiro atoms. The number of benzene rings is 7. The predicted octanol–water partition coefficient (Wildman–Crippen LogP) is 13.9. The van der Waals surface area contributed by atoms with Crippen LogP contribution in [0.25, 0.3) is 66.1 Å². The van der Waals surface area contributed by atoms with Crippen molar-refractivity contribution in [1.82, 2.24) is 4.57 Å². The van der Waals surface area contributed by atoms with Crippen molar-refractivity contribution in [2.45, 2.75) is 31.1 Å². The highest BCUT2D eigenvalue weighted by atomic mass is 16.3. The molecule has 2 aliphatic carbocycles. The normalized spacial score (nSPS) is 16.7. The zero-order valence-electron chi connectivity index (χ0n) is 31.0. The van der Waals surface area contributed by atoms with Gasteiger partial charge >= 0.3 is 0 Å². The van der Waals surface area contributed by atoms with Gasteiger partial charge in [0.15, 0.2) is 0 Å². The molecule has 0 saturated carbocycles. The number of fused-ring (bicyclic) bond motifs is 13. The fourth-order valence-electron chi connectivity index (χ4n) is 10.0. The SMILES string of the molecule is C=C1/C=C\C=C/CC(C)(C)c2c1c1oc3ccccc3c1c1c3ccccc3n(-c3ccc4c(c3)C(c3ccccc3)(c3ccccc3)c3ccccc3-4)c21. The first-order valence-corrected chi connectivity index (χ1v) is 19.3. The summed E-state index contributed by atoms with van der Waals surface area (Å²) in [5.74, 6) is 0. The maximum Gasteiger partial charge on any atom is 0.144 e. The molecule has 0 bridgehead atoms. The minimum absolute atomic E-state index is 0.261. The molecule has 2 aliphatic rings. The smallest absolute Gasteiger partial charge is 0.144 e. The monoisotopic (exact) mass is 705 g/mol. The maximum atomic E-state index is 6.92. The van der Waals surface area contributed by atoms with Gasteiger partial charge in [-0.3, -0.25) is 0 Å². The molecule has 2 heteroatoms. The summed E-state index contributed by atoms with van der Waals surface area (Å²) in [4.78, 5) is 0. The van der Waals surface area contributed by atoms with Crippen molar-refractivity contribution in [3.05, 3.63) is 216 Å². The highest BCUT2D eigenvalue weighted by Gasteiger charge is 2.46. The summed E-state index contributed by atoms with van der Waals surface area (Å²) >= 11 is 0. The first kappa shape index (κ1) is 31.8. The van der Waals surface area contributed by atoms with Gasteiger partial charge in [-0.15, -0.1) is 0 Å². The fraction of sp³-hybridized carbons (Fsp3) is 0.0943. The Hall–Kier alpha value is -6.64. The van der Waals surface area contributed by atoms with Crippen LogP contribution in [-0.4, -0.2) is 4.57 Å². The van der Waals surface area contributed by atoms with Crippen molar-refractivity contribution >= 4 is 49.3 Å². The Balaban J connectivity index is 1.34. The summed E-state index contributed by atoms with van der Waals surface area (Å²) in [5, 5.41) is 4.71. The second-order valence-corrected chi connectivity index (χ2v) is 15.8. The van der Waals surface area contributed by atoms with Gasteiger partial charge in [-0.2, -0.15) is 0 Å². The Labute approximate surface area is 321 Å². The van der Waals surface area contributed by atoms with Gasteiger partial charge in [0.05, 0.1) is 16.4 Å². The Morgan fingerprint density at radius 3 is 2.05 bits per heavy atom. The molecule has 55 heavy (non-hydrogen) atoms. The number of para-hydroxylation sites is 2.